The molecule has 3 aromatic heterocycles. The number of H-pyrrole nitrogens is 2. The first-order chi connectivity index (χ1) is 19.1. The van der Waals surface area contributed by atoms with Crippen LogP contribution in [0.25, 0.3) is 56.1 Å². The summed E-state index contributed by atoms with van der Waals surface area (Å²) in [6, 6.07) is 30.1. The molecule has 0 aliphatic rings. The van der Waals surface area contributed by atoms with Gasteiger partial charge in [-0.05, 0) is 58.4 Å². The Labute approximate surface area is 236 Å². The van der Waals surface area contributed by atoms with Crippen LogP contribution < -0.4 is 0 Å². The van der Waals surface area contributed by atoms with Crippen molar-refractivity contribution in [3.05, 3.63) is 108 Å². The van der Waals surface area contributed by atoms with Gasteiger partial charge >= 0.3 is 0 Å². The minimum atomic E-state index is 0.0743. The lowest BCUT2D eigenvalue weighted by molar-refractivity contribution is 0.590. The van der Waals surface area contributed by atoms with Crippen LogP contribution in [-0.4, -0.2) is 19.9 Å². The minimum Gasteiger partial charge on any atom is -0.361 e. The normalized spacial score (nSPS) is 12.2. The van der Waals surface area contributed by atoms with Gasteiger partial charge in [0.2, 0.25) is 0 Å². The number of nitrogens with one attached hydrogen (secondary N) is 2. The van der Waals surface area contributed by atoms with Crippen molar-refractivity contribution >= 4 is 11.0 Å². The lowest BCUT2D eigenvalue weighted by atomic mass is 9.85. The van der Waals surface area contributed by atoms with Crippen LogP contribution in [0.15, 0.2) is 97.3 Å². The van der Waals surface area contributed by atoms with Crippen LogP contribution in [0, 0.1) is 0 Å². The fourth-order valence-corrected chi connectivity index (χ4v) is 5.22. The first kappa shape index (κ1) is 25.8. The largest absolute Gasteiger partial charge is 0.361 e. The highest BCUT2D eigenvalue weighted by Gasteiger charge is 2.21. The summed E-state index contributed by atoms with van der Waals surface area (Å²) in [7, 11) is 0. The van der Waals surface area contributed by atoms with Crippen LogP contribution in [-0.2, 0) is 10.8 Å². The summed E-state index contributed by atoms with van der Waals surface area (Å²) in [6.45, 7) is 13.4. The number of fused-ring (bicyclic) bond motifs is 1. The van der Waals surface area contributed by atoms with Gasteiger partial charge in [0.15, 0.2) is 0 Å². The van der Waals surface area contributed by atoms with Gasteiger partial charge in [0.1, 0.15) is 0 Å². The number of hydrogen-bond acceptors (Lipinski definition) is 2. The molecule has 6 aromatic rings. The molecule has 0 amide bonds. The van der Waals surface area contributed by atoms with Crippen molar-refractivity contribution in [2.45, 2.75) is 52.4 Å². The van der Waals surface area contributed by atoms with Gasteiger partial charge < -0.3 is 9.97 Å². The third kappa shape index (κ3) is 4.75. The highest BCUT2D eigenvalue weighted by Crippen LogP contribution is 2.39. The second kappa shape index (κ2) is 9.63. The van der Waals surface area contributed by atoms with Gasteiger partial charge in [-0.25, -0.2) is 9.97 Å². The lowest BCUT2D eigenvalue weighted by Crippen LogP contribution is -2.10. The van der Waals surface area contributed by atoms with Gasteiger partial charge in [-0.2, -0.15) is 0 Å². The molecule has 0 atom stereocenters. The number of hydrogen-bond donors (Lipinski definition) is 2. The molecule has 0 saturated heterocycles. The fraction of sp³-hybridized carbons (Fsp3) is 0.222. The molecule has 0 unspecified atom stereocenters. The summed E-state index contributed by atoms with van der Waals surface area (Å²) in [5.41, 5.74) is 12.5. The third-order valence-electron chi connectivity index (χ3n) is 7.65. The molecule has 0 saturated carbocycles. The van der Waals surface area contributed by atoms with Gasteiger partial charge in [0, 0.05) is 46.0 Å². The van der Waals surface area contributed by atoms with E-state index in [9.17, 15) is 0 Å². The van der Waals surface area contributed by atoms with Crippen molar-refractivity contribution in [2.75, 3.05) is 0 Å². The molecule has 0 radical (unpaired) electrons. The Kier molecular flexibility index (Phi) is 6.22. The smallest absolute Gasteiger partial charge is 0.0995 e. The standard InChI is InChI=1S/C36H36N4/c1-35(2,3)25-15-11-23(12-16-25)31-32(24-13-17-26(18-14-24)36(4,5)6)40-34-28(30-10-8-22-38-30)20-19-27(33(34)39-31)29-9-7-21-37-29/h7-22,37-38H,1-6H3. The monoisotopic (exact) mass is 524 g/mol. The molecule has 0 spiro atoms. The number of benzene rings is 3. The zero-order valence-electron chi connectivity index (χ0n) is 24.1. The van der Waals surface area contributed by atoms with Gasteiger partial charge in [-0.1, -0.05) is 90.1 Å². The van der Waals surface area contributed by atoms with Gasteiger partial charge in [-0.15, -0.1) is 0 Å². The number of aromatic amines is 2. The molecule has 2 N–H and O–H groups in total. The quantitative estimate of drug-likeness (QED) is 0.241. The minimum absolute atomic E-state index is 0.0743. The zero-order valence-corrected chi connectivity index (χ0v) is 24.1. The number of rotatable bonds is 4. The van der Waals surface area contributed by atoms with E-state index in [1.54, 1.807) is 0 Å². The number of nitrogens with zero attached hydrogens (tertiary/aromatic N) is 2. The van der Waals surface area contributed by atoms with Crippen molar-refractivity contribution in [2.24, 2.45) is 0 Å². The molecular weight excluding hydrogens is 488 g/mol. The molecule has 3 aromatic carbocycles. The van der Waals surface area contributed by atoms with Crippen molar-refractivity contribution in [3.63, 3.8) is 0 Å². The van der Waals surface area contributed by atoms with Crippen molar-refractivity contribution in [1.29, 1.82) is 0 Å². The predicted octanol–water partition coefficient (Wildman–Crippen LogP) is 9.55. The summed E-state index contributed by atoms with van der Waals surface area (Å²) in [4.78, 5) is 17.6. The summed E-state index contributed by atoms with van der Waals surface area (Å²) in [5, 5.41) is 0. The summed E-state index contributed by atoms with van der Waals surface area (Å²) in [6.07, 6.45) is 3.90. The van der Waals surface area contributed by atoms with E-state index in [1.807, 2.05) is 24.5 Å². The first-order valence-corrected chi connectivity index (χ1v) is 13.9. The highest BCUT2D eigenvalue weighted by molar-refractivity contribution is 6.02. The molecule has 0 aliphatic carbocycles. The van der Waals surface area contributed by atoms with E-state index >= 15 is 0 Å². The van der Waals surface area contributed by atoms with E-state index in [0.29, 0.717) is 0 Å². The Morgan fingerprint density at radius 3 is 1.15 bits per heavy atom. The van der Waals surface area contributed by atoms with E-state index in [-0.39, 0.29) is 10.8 Å². The molecule has 0 fully saturated rings. The van der Waals surface area contributed by atoms with Crippen LogP contribution in [0.4, 0.5) is 0 Å². The summed E-state index contributed by atoms with van der Waals surface area (Å²) < 4.78 is 0. The topological polar surface area (TPSA) is 57.4 Å². The SMILES string of the molecule is CC(C)(C)c1ccc(-c2nc3c(-c4ccc[nH]4)ccc(-c4ccc[nH]4)c3nc2-c2ccc(C(C)(C)C)cc2)cc1. The summed E-state index contributed by atoms with van der Waals surface area (Å²) in [5.74, 6) is 0. The maximum atomic E-state index is 5.41. The number of aromatic nitrogens is 4. The highest BCUT2D eigenvalue weighted by atomic mass is 14.8. The van der Waals surface area contributed by atoms with Crippen molar-refractivity contribution < 1.29 is 0 Å². The third-order valence-corrected chi connectivity index (χ3v) is 7.65. The molecule has 4 nitrogen and oxygen atoms in total. The zero-order chi connectivity index (χ0) is 28.1. The van der Waals surface area contributed by atoms with Gasteiger partial charge in [0.25, 0.3) is 0 Å². The second-order valence-electron chi connectivity index (χ2n) is 12.6. The maximum Gasteiger partial charge on any atom is 0.0995 e. The molecule has 3 heterocycles. The van der Waals surface area contributed by atoms with Crippen LogP contribution in [0.5, 0.6) is 0 Å². The van der Waals surface area contributed by atoms with E-state index in [4.69, 9.17) is 9.97 Å². The molecule has 0 aliphatic heterocycles. The Morgan fingerprint density at radius 1 is 0.475 bits per heavy atom. The fourth-order valence-electron chi connectivity index (χ4n) is 5.22. The van der Waals surface area contributed by atoms with Crippen LogP contribution in [0.3, 0.4) is 0 Å². The van der Waals surface area contributed by atoms with E-state index < -0.39 is 0 Å². The molecule has 200 valence electrons. The van der Waals surface area contributed by atoms with Crippen LogP contribution in [0.2, 0.25) is 0 Å². The molecule has 4 heteroatoms. The molecule has 40 heavy (non-hydrogen) atoms. The maximum absolute atomic E-state index is 5.41. The Bertz CT molecular complexity index is 1630. The predicted molar refractivity (Wildman–Crippen MR) is 167 cm³/mol. The van der Waals surface area contributed by atoms with E-state index in [1.165, 1.54) is 11.1 Å². The Balaban J connectivity index is 1.65. The van der Waals surface area contributed by atoms with Gasteiger partial charge in [-0.3, -0.25) is 0 Å². The first-order valence-electron chi connectivity index (χ1n) is 13.9. The average molecular weight is 525 g/mol. The van der Waals surface area contributed by atoms with Crippen molar-refractivity contribution in [1.82, 2.24) is 19.9 Å². The molecule has 6 rings (SSSR count). The average Bonchev–Trinajstić information content (AvgIpc) is 3.66. The van der Waals surface area contributed by atoms with E-state index in [0.717, 1.165) is 56.1 Å². The Morgan fingerprint density at radius 2 is 0.850 bits per heavy atom. The van der Waals surface area contributed by atoms with Crippen LogP contribution >= 0.6 is 0 Å². The summed E-state index contributed by atoms with van der Waals surface area (Å²) >= 11 is 0. The van der Waals surface area contributed by atoms with E-state index in [2.05, 4.69) is 124 Å². The lowest BCUT2D eigenvalue weighted by Gasteiger charge is -2.20. The van der Waals surface area contributed by atoms with Crippen LogP contribution in [0.1, 0.15) is 52.7 Å². The molecule has 0 bridgehead atoms. The Hall–Kier alpha value is -4.44. The second-order valence-corrected chi connectivity index (χ2v) is 12.6. The molecular formula is C36H36N4. The van der Waals surface area contributed by atoms with Gasteiger partial charge in [0.05, 0.1) is 22.4 Å². The van der Waals surface area contributed by atoms with Crippen molar-refractivity contribution in [3.8, 4) is 45.0 Å².